The van der Waals surface area contributed by atoms with E-state index in [4.69, 9.17) is 0 Å². The second-order valence-electron chi connectivity index (χ2n) is 2.81. The third-order valence-electron chi connectivity index (χ3n) is 1.61. The minimum atomic E-state index is -4.44. The van der Waals surface area contributed by atoms with Gasteiger partial charge in [-0.25, -0.2) is 0 Å². The summed E-state index contributed by atoms with van der Waals surface area (Å²) >= 11 is 0. The van der Waals surface area contributed by atoms with Gasteiger partial charge in [-0.05, 0) is 18.6 Å². The molecule has 0 radical (unpaired) electrons. The number of nitrogens with one attached hydrogen (secondary N) is 1. The van der Waals surface area contributed by atoms with E-state index in [1.165, 1.54) is 6.07 Å². The molecule has 1 heterocycles. The van der Waals surface area contributed by atoms with Crippen LogP contribution in [-0.4, -0.2) is 16.7 Å². The number of anilines is 1. The molecular formula is C9H10F3N3. The van der Waals surface area contributed by atoms with Gasteiger partial charge in [0.05, 0.1) is 0 Å². The Morgan fingerprint density at radius 2 is 2.07 bits per heavy atom. The molecule has 1 N–H and O–H groups in total. The second kappa shape index (κ2) is 4.77. The van der Waals surface area contributed by atoms with E-state index in [2.05, 4.69) is 22.1 Å². The van der Waals surface area contributed by atoms with Gasteiger partial charge in [-0.2, -0.15) is 13.2 Å². The summed E-state index contributed by atoms with van der Waals surface area (Å²) < 4.78 is 36.3. The van der Waals surface area contributed by atoms with Gasteiger partial charge in [0.2, 0.25) is 0 Å². The van der Waals surface area contributed by atoms with E-state index in [0.29, 0.717) is 18.8 Å². The molecule has 0 aliphatic rings. The Balaban J connectivity index is 2.60. The Kier molecular flexibility index (Phi) is 3.65. The van der Waals surface area contributed by atoms with Crippen molar-refractivity contribution < 1.29 is 13.2 Å². The first-order chi connectivity index (χ1) is 7.04. The lowest BCUT2D eigenvalue weighted by Crippen LogP contribution is -2.10. The summed E-state index contributed by atoms with van der Waals surface area (Å²) in [6.07, 6.45) is -2.03. The van der Waals surface area contributed by atoms with Gasteiger partial charge in [-0.3, -0.25) is 0 Å². The van der Waals surface area contributed by atoms with Gasteiger partial charge in [0, 0.05) is 6.54 Å². The van der Waals surface area contributed by atoms with Gasteiger partial charge in [0.15, 0.2) is 5.69 Å². The molecule has 0 fully saturated rings. The molecule has 0 amide bonds. The van der Waals surface area contributed by atoms with Crippen molar-refractivity contribution in [2.24, 2.45) is 0 Å². The predicted molar refractivity (Wildman–Crippen MR) is 50.3 cm³/mol. The molecule has 0 spiro atoms. The van der Waals surface area contributed by atoms with Crippen LogP contribution in [0.2, 0.25) is 0 Å². The summed E-state index contributed by atoms with van der Waals surface area (Å²) in [6, 6.07) is 2.14. The summed E-state index contributed by atoms with van der Waals surface area (Å²) in [5, 5.41) is 9.28. The molecule has 1 aromatic heterocycles. The van der Waals surface area contributed by atoms with Crippen LogP contribution in [0.5, 0.6) is 0 Å². The van der Waals surface area contributed by atoms with E-state index in [9.17, 15) is 13.2 Å². The molecule has 0 saturated carbocycles. The number of hydrogen-bond donors (Lipinski definition) is 1. The first-order valence-corrected chi connectivity index (χ1v) is 4.29. The first-order valence-electron chi connectivity index (χ1n) is 4.29. The fourth-order valence-corrected chi connectivity index (χ4v) is 0.880. The van der Waals surface area contributed by atoms with Gasteiger partial charge in [-0.1, -0.05) is 6.08 Å². The summed E-state index contributed by atoms with van der Waals surface area (Å²) in [6.45, 7) is 4.09. The van der Waals surface area contributed by atoms with Gasteiger partial charge in [-0.15, -0.1) is 16.8 Å². The average Bonchev–Trinajstić information content (AvgIpc) is 2.18. The Morgan fingerprint density at radius 1 is 1.33 bits per heavy atom. The van der Waals surface area contributed by atoms with Crippen molar-refractivity contribution in [1.82, 2.24) is 10.2 Å². The SMILES string of the molecule is C=CCCNc1ccc(C(F)(F)F)nn1. The topological polar surface area (TPSA) is 37.8 Å². The fourth-order valence-electron chi connectivity index (χ4n) is 0.880. The van der Waals surface area contributed by atoms with Crippen molar-refractivity contribution in [2.75, 3.05) is 11.9 Å². The van der Waals surface area contributed by atoms with Crippen LogP contribution in [-0.2, 0) is 6.18 Å². The summed E-state index contributed by atoms with van der Waals surface area (Å²) in [5.41, 5.74) is -0.989. The standard InChI is InChI=1S/C9H10F3N3/c1-2-3-6-13-8-5-4-7(14-15-8)9(10,11)12/h2,4-5H,1,3,6H2,(H,13,15). The number of halogens is 3. The number of aromatic nitrogens is 2. The van der Waals surface area contributed by atoms with Crippen LogP contribution in [0.4, 0.5) is 19.0 Å². The van der Waals surface area contributed by atoms with Crippen molar-refractivity contribution in [3.8, 4) is 0 Å². The van der Waals surface area contributed by atoms with E-state index in [-0.39, 0.29) is 0 Å². The summed E-state index contributed by atoms with van der Waals surface area (Å²) in [7, 11) is 0. The van der Waals surface area contributed by atoms with E-state index in [0.717, 1.165) is 6.07 Å². The van der Waals surface area contributed by atoms with Crippen LogP contribution >= 0.6 is 0 Å². The zero-order valence-corrected chi connectivity index (χ0v) is 7.88. The molecule has 0 saturated heterocycles. The molecule has 15 heavy (non-hydrogen) atoms. The Bertz CT molecular complexity index is 318. The fraction of sp³-hybridized carbons (Fsp3) is 0.333. The molecule has 0 bridgehead atoms. The Hall–Kier alpha value is -1.59. The second-order valence-corrected chi connectivity index (χ2v) is 2.81. The first kappa shape index (κ1) is 11.5. The lowest BCUT2D eigenvalue weighted by Gasteiger charge is -2.06. The van der Waals surface area contributed by atoms with Crippen molar-refractivity contribution in [3.63, 3.8) is 0 Å². The highest BCUT2D eigenvalue weighted by molar-refractivity contribution is 5.33. The van der Waals surface area contributed by atoms with Gasteiger partial charge in [0.25, 0.3) is 0 Å². The van der Waals surface area contributed by atoms with Crippen LogP contribution in [0.3, 0.4) is 0 Å². The molecule has 0 aromatic carbocycles. The molecule has 0 unspecified atom stereocenters. The highest BCUT2D eigenvalue weighted by Gasteiger charge is 2.32. The Labute approximate surface area is 85.0 Å². The lowest BCUT2D eigenvalue weighted by molar-refractivity contribution is -0.141. The molecule has 0 aliphatic carbocycles. The normalized spacial score (nSPS) is 11.1. The molecule has 1 aromatic rings. The summed E-state index contributed by atoms with van der Waals surface area (Å²) in [5.74, 6) is 0.324. The van der Waals surface area contributed by atoms with Crippen molar-refractivity contribution in [1.29, 1.82) is 0 Å². The highest BCUT2D eigenvalue weighted by Crippen LogP contribution is 2.26. The van der Waals surface area contributed by atoms with Crippen LogP contribution in [0.25, 0.3) is 0 Å². The quantitative estimate of drug-likeness (QED) is 0.622. The predicted octanol–water partition coefficient (Wildman–Crippen LogP) is 2.48. The lowest BCUT2D eigenvalue weighted by atomic mass is 10.3. The van der Waals surface area contributed by atoms with Crippen LogP contribution in [0.15, 0.2) is 24.8 Å². The van der Waals surface area contributed by atoms with E-state index in [1.54, 1.807) is 6.08 Å². The van der Waals surface area contributed by atoms with Crippen molar-refractivity contribution in [2.45, 2.75) is 12.6 Å². The maximum atomic E-state index is 12.1. The molecular weight excluding hydrogens is 207 g/mol. The van der Waals surface area contributed by atoms with E-state index >= 15 is 0 Å². The zero-order valence-electron chi connectivity index (χ0n) is 7.88. The van der Waals surface area contributed by atoms with Crippen molar-refractivity contribution >= 4 is 5.82 Å². The minimum absolute atomic E-state index is 0.324. The van der Waals surface area contributed by atoms with Gasteiger partial charge in [0.1, 0.15) is 5.82 Å². The zero-order chi connectivity index (χ0) is 11.3. The van der Waals surface area contributed by atoms with Gasteiger partial charge >= 0.3 is 6.18 Å². The maximum absolute atomic E-state index is 12.1. The number of alkyl halides is 3. The number of nitrogens with zero attached hydrogens (tertiary/aromatic N) is 2. The monoisotopic (exact) mass is 217 g/mol. The largest absolute Gasteiger partial charge is 0.435 e. The third-order valence-corrected chi connectivity index (χ3v) is 1.61. The minimum Gasteiger partial charge on any atom is -0.368 e. The van der Waals surface area contributed by atoms with E-state index in [1.807, 2.05) is 0 Å². The number of rotatable bonds is 4. The van der Waals surface area contributed by atoms with Crippen LogP contribution < -0.4 is 5.32 Å². The van der Waals surface area contributed by atoms with Crippen LogP contribution in [0.1, 0.15) is 12.1 Å². The molecule has 3 nitrogen and oxygen atoms in total. The van der Waals surface area contributed by atoms with Crippen LogP contribution in [0, 0.1) is 0 Å². The molecule has 0 atom stereocenters. The molecule has 6 heteroatoms. The molecule has 1 rings (SSSR count). The summed E-state index contributed by atoms with van der Waals surface area (Å²) in [4.78, 5) is 0. The third kappa shape index (κ3) is 3.57. The Morgan fingerprint density at radius 3 is 2.53 bits per heavy atom. The molecule has 0 aliphatic heterocycles. The smallest absolute Gasteiger partial charge is 0.368 e. The number of hydrogen-bond acceptors (Lipinski definition) is 3. The van der Waals surface area contributed by atoms with Crippen molar-refractivity contribution in [3.05, 3.63) is 30.5 Å². The molecule has 82 valence electrons. The highest BCUT2D eigenvalue weighted by atomic mass is 19.4. The maximum Gasteiger partial charge on any atom is 0.435 e. The van der Waals surface area contributed by atoms with Gasteiger partial charge < -0.3 is 5.32 Å². The average molecular weight is 217 g/mol. The van der Waals surface area contributed by atoms with E-state index < -0.39 is 11.9 Å².